The van der Waals surface area contributed by atoms with E-state index in [0.29, 0.717) is 5.82 Å². The van der Waals surface area contributed by atoms with Gasteiger partial charge in [0.1, 0.15) is 0 Å². The van der Waals surface area contributed by atoms with Crippen LogP contribution < -0.4 is 0 Å². The fraction of sp³-hybridized carbons (Fsp3) is 0.279. The summed E-state index contributed by atoms with van der Waals surface area (Å²) in [5.74, 6) is 1.52. The van der Waals surface area contributed by atoms with Crippen LogP contribution in [0.25, 0.3) is 78.4 Å². The highest BCUT2D eigenvalue weighted by Gasteiger charge is 2.20. The Morgan fingerprint density at radius 2 is 0.562 bits per heavy atom. The van der Waals surface area contributed by atoms with Crippen LogP contribution in [0, 0.1) is 0 Å². The molecule has 8 aromatic rings. The number of hydrogen-bond donors (Lipinski definition) is 0. The Morgan fingerprint density at radius 1 is 0.297 bits per heavy atom. The minimum atomic E-state index is 0.0779. The van der Waals surface area contributed by atoms with Gasteiger partial charge in [0.15, 0.2) is 11.6 Å². The fourth-order valence-corrected chi connectivity index (χ4v) is 8.46. The molecule has 0 amide bonds. The molecule has 0 fully saturated rings. The molecule has 0 saturated heterocycles. The summed E-state index contributed by atoms with van der Waals surface area (Å²) in [4.78, 5) is 5.29. The van der Waals surface area contributed by atoms with Crippen LogP contribution in [-0.2, 0) is 28.7 Å². The van der Waals surface area contributed by atoms with Gasteiger partial charge in [-0.1, -0.05) is 198 Å². The lowest BCUT2D eigenvalue weighted by molar-refractivity contribution is 0.590. The standard InChI is InChI=1S/C61H65N3/c1-58(2,3)52-25-17-40(18-26-52)46-34-47(41-19-27-53(28-20-41)59(4,5)6)37-50(36-46)44-15-14-16-45(33-44)56-62-57(64(13)63-56)51-38-48(42-21-29-54(30-22-42)60(7,8)9)35-49(39-51)43-23-31-55(32-24-43)61(10,11)12/h14-39H,1-13H3. The topological polar surface area (TPSA) is 30.7 Å². The third-order valence-electron chi connectivity index (χ3n) is 12.7. The number of aromatic nitrogens is 3. The van der Waals surface area contributed by atoms with Crippen molar-refractivity contribution in [2.24, 2.45) is 7.05 Å². The molecule has 1 aromatic heterocycles. The van der Waals surface area contributed by atoms with Gasteiger partial charge in [0.05, 0.1) is 0 Å². The quantitative estimate of drug-likeness (QED) is 0.160. The highest BCUT2D eigenvalue weighted by Crippen LogP contribution is 2.38. The highest BCUT2D eigenvalue weighted by atomic mass is 15.3. The fourth-order valence-electron chi connectivity index (χ4n) is 8.46. The molecular formula is C61H65N3. The van der Waals surface area contributed by atoms with E-state index in [2.05, 4.69) is 241 Å². The average molecular weight is 840 g/mol. The molecule has 3 nitrogen and oxygen atoms in total. The van der Waals surface area contributed by atoms with E-state index in [4.69, 9.17) is 10.1 Å². The molecule has 324 valence electrons. The van der Waals surface area contributed by atoms with E-state index in [-0.39, 0.29) is 21.7 Å². The summed E-state index contributed by atoms with van der Waals surface area (Å²) < 4.78 is 1.93. The molecule has 7 aromatic carbocycles. The summed E-state index contributed by atoms with van der Waals surface area (Å²) in [5, 5.41) is 5.07. The van der Waals surface area contributed by atoms with E-state index in [0.717, 1.165) is 39.2 Å². The second kappa shape index (κ2) is 16.7. The van der Waals surface area contributed by atoms with Crippen LogP contribution in [0.3, 0.4) is 0 Å². The van der Waals surface area contributed by atoms with Crippen LogP contribution in [0.4, 0.5) is 0 Å². The van der Waals surface area contributed by atoms with E-state index in [1.54, 1.807) is 0 Å². The molecule has 0 aliphatic heterocycles. The Labute approximate surface area is 383 Å². The monoisotopic (exact) mass is 840 g/mol. The number of nitrogens with zero attached hydrogens (tertiary/aromatic N) is 3. The van der Waals surface area contributed by atoms with E-state index < -0.39 is 0 Å². The molecule has 0 aliphatic carbocycles. The van der Waals surface area contributed by atoms with E-state index >= 15 is 0 Å². The maximum atomic E-state index is 5.29. The molecule has 0 saturated carbocycles. The molecule has 0 radical (unpaired) electrons. The van der Waals surface area contributed by atoms with Gasteiger partial charge < -0.3 is 0 Å². The van der Waals surface area contributed by atoms with Crippen molar-refractivity contribution in [2.75, 3.05) is 0 Å². The van der Waals surface area contributed by atoms with Crippen molar-refractivity contribution in [3.05, 3.63) is 180 Å². The first-order valence-corrected chi connectivity index (χ1v) is 22.9. The summed E-state index contributed by atoms with van der Waals surface area (Å²) in [7, 11) is 2.00. The Balaban J connectivity index is 1.20. The van der Waals surface area contributed by atoms with Crippen LogP contribution in [0.2, 0.25) is 0 Å². The Hall–Kier alpha value is -6.32. The van der Waals surface area contributed by atoms with E-state index in [1.807, 2.05) is 11.7 Å². The smallest absolute Gasteiger partial charge is 0.181 e. The van der Waals surface area contributed by atoms with Gasteiger partial charge in [0.2, 0.25) is 0 Å². The lowest BCUT2D eigenvalue weighted by Gasteiger charge is -2.20. The first-order valence-electron chi connectivity index (χ1n) is 22.9. The molecule has 0 bridgehead atoms. The molecular weight excluding hydrogens is 775 g/mol. The highest BCUT2D eigenvalue weighted by molar-refractivity contribution is 5.84. The van der Waals surface area contributed by atoms with Crippen LogP contribution >= 0.6 is 0 Å². The summed E-state index contributed by atoms with van der Waals surface area (Å²) in [6.07, 6.45) is 0. The Kier molecular flexibility index (Phi) is 11.5. The van der Waals surface area contributed by atoms with Crippen LogP contribution in [-0.4, -0.2) is 14.8 Å². The normalized spacial score (nSPS) is 12.5. The number of hydrogen-bond acceptors (Lipinski definition) is 2. The maximum absolute atomic E-state index is 5.29. The molecule has 0 N–H and O–H groups in total. The van der Waals surface area contributed by atoms with Crippen molar-refractivity contribution in [1.82, 2.24) is 14.8 Å². The second-order valence-electron chi connectivity index (χ2n) is 21.9. The van der Waals surface area contributed by atoms with Gasteiger partial charge in [-0.25, -0.2) is 9.67 Å². The van der Waals surface area contributed by atoms with Gasteiger partial charge in [0, 0.05) is 18.2 Å². The maximum Gasteiger partial charge on any atom is 0.181 e. The number of aryl methyl sites for hydroxylation is 1. The van der Waals surface area contributed by atoms with Crippen LogP contribution in [0.15, 0.2) is 158 Å². The Morgan fingerprint density at radius 3 is 0.875 bits per heavy atom. The molecule has 1 heterocycles. The third-order valence-corrected chi connectivity index (χ3v) is 12.7. The van der Waals surface area contributed by atoms with Gasteiger partial charge in [-0.05, 0) is 142 Å². The van der Waals surface area contributed by atoms with Crippen molar-refractivity contribution in [1.29, 1.82) is 0 Å². The van der Waals surface area contributed by atoms with Gasteiger partial charge in [-0.3, -0.25) is 0 Å². The minimum absolute atomic E-state index is 0.0779. The zero-order valence-electron chi connectivity index (χ0n) is 40.4. The summed E-state index contributed by atoms with van der Waals surface area (Å²) in [5.41, 5.74) is 19.3. The SMILES string of the molecule is Cn1nc(-c2cccc(-c3cc(-c4ccc(C(C)(C)C)cc4)cc(-c4ccc(C(C)(C)C)cc4)c3)c2)nc1-c1cc(-c2ccc(C(C)(C)C)cc2)cc(-c2ccc(C(C)(C)C)cc2)c1. The Bertz CT molecular complexity index is 2760. The predicted octanol–water partition coefficient (Wildman–Crippen LogP) is 16.7. The van der Waals surface area contributed by atoms with Gasteiger partial charge in [-0.2, -0.15) is 5.10 Å². The molecule has 0 atom stereocenters. The largest absolute Gasteiger partial charge is 0.248 e. The van der Waals surface area contributed by atoms with Crippen molar-refractivity contribution in [3.63, 3.8) is 0 Å². The van der Waals surface area contributed by atoms with Crippen molar-refractivity contribution < 1.29 is 0 Å². The molecule has 3 heteroatoms. The molecule has 64 heavy (non-hydrogen) atoms. The van der Waals surface area contributed by atoms with Crippen molar-refractivity contribution in [2.45, 2.75) is 105 Å². The number of benzene rings is 7. The summed E-state index contributed by atoms with van der Waals surface area (Å²) in [6.45, 7) is 27.2. The number of rotatable bonds is 7. The average Bonchev–Trinajstić information content (AvgIpc) is 3.66. The third kappa shape index (κ3) is 9.60. The van der Waals surface area contributed by atoms with E-state index in [9.17, 15) is 0 Å². The first kappa shape index (κ1) is 44.3. The van der Waals surface area contributed by atoms with Gasteiger partial charge in [0.25, 0.3) is 0 Å². The summed E-state index contributed by atoms with van der Waals surface area (Å²) >= 11 is 0. The zero-order chi connectivity index (χ0) is 45.8. The summed E-state index contributed by atoms with van der Waals surface area (Å²) in [6, 6.07) is 58.7. The van der Waals surface area contributed by atoms with Crippen molar-refractivity contribution >= 4 is 0 Å². The van der Waals surface area contributed by atoms with Crippen molar-refractivity contribution in [3.8, 4) is 78.4 Å². The minimum Gasteiger partial charge on any atom is -0.248 e. The lowest BCUT2D eigenvalue weighted by Crippen LogP contribution is -2.10. The zero-order valence-corrected chi connectivity index (χ0v) is 40.4. The van der Waals surface area contributed by atoms with Gasteiger partial charge in [-0.15, -0.1) is 0 Å². The van der Waals surface area contributed by atoms with Gasteiger partial charge >= 0.3 is 0 Å². The van der Waals surface area contributed by atoms with Crippen LogP contribution in [0.5, 0.6) is 0 Å². The molecule has 0 spiro atoms. The molecule has 8 rings (SSSR count). The first-order chi connectivity index (χ1) is 30.1. The molecule has 0 aliphatic rings. The second-order valence-corrected chi connectivity index (χ2v) is 21.9. The van der Waals surface area contributed by atoms with E-state index in [1.165, 1.54) is 55.6 Å². The van der Waals surface area contributed by atoms with Crippen LogP contribution in [0.1, 0.15) is 105 Å². The lowest BCUT2D eigenvalue weighted by atomic mass is 9.85. The molecule has 0 unspecified atom stereocenters. The predicted molar refractivity (Wildman–Crippen MR) is 274 cm³/mol.